The molecule has 7 heteroatoms. The topological polar surface area (TPSA) is 71.2 Å². The number of carbonyl (C=O) groups is 1. The Morgan fingerprint density at radius 2 is 1.89 bits per heavy atom. The number of halogens is 2. The van der Waals surface area contributed by atoms with Crippen LogP contribution in [0.15, 0.2) is 18.3 Å². The van der Waals surface area contributed by atoms with E-state index in [-0.39, 0.29) is 36.8 Å². The highest BCUT2D eigenvalue weighted by Gasteiger charge is 2.39. The maximum atomic E-state index is 12.7. The van der Waals surface area contributed by atoms with Gasteiger partial charge < -0.3 is 16.0 Å². The lowest BCUT2D eigenvalue weighted by atomic mass is 9.67. The zero-order chi connectivity index (χ0) is 18.0. The molecule has 154 valence electrons. The molecular formula is C20H34Cl2N4O. The fourth-order valence-electron chi connectivity index (χ4n) is 4.74. The first-order valence-electron chi connectivity index (χ1n) is 9.78. The van der Waals surface area contributed by atoms with E-state index in [0.29, 0.717) is 29.5 Å². The predicted octanol–water partition coefficient (Wildman–Crippen LogP) is 3.80. The fraction of sp³-hybridized carbons (Fsp3) is 0.700. The molecule has 1 aromatic heterocycles. The number of amides is 1. The smallest absolute Gasteiger partial charge is 0.253 e. The average Bonchev–Trinajstić information content (AvgIpc) is 2.56. The molecule has 3 rings (SSSR count). The molecule has 0 spiro atoms. The molecule has 27 heavy (non-hydrogen) atoms. The molecule has 0 aliphatic heterocycles. The fourth-order valence-corrected chi connectivity index (χ4v) is 4.74. The van der Waals surface area contributed by atoms with Gasteiger partial charge in [-0.05, 0) is 70.4 Å². The lowest BCUT2D eigenvalue weighted by Gasteiger charge is -2.45. The van der Waals surface area contributed by atoms with Crippen LogP contribution in [0.25, 0.3) is 0 Å². The maximum absolute atomic E-state index is 12.7. The van der Waals surface area contributed by atoms with Gasteiger partial charge in [0.1, 0.15) is 5.82 Å². The van der Waals surface area contributed by atoms with E-state index in [1.54, 1.807) is 6.20 Å². The molecule has 2 aliphatic carbocycles. The molecule has 1 heterocycles. The van der Waals surface area contributed by atoms with Gasteiger partial charge in [-0.15, -0.1) is 24.8 Å². The Labute approximate surface area is 175 Å². The summed E-state index contributed by atoms with van der Waals surface area (Å²) in [7, 11) is 0. The van der Waals surface area contributed by atoms with Crippen molar-refractivity contribution in [2.45, 2.75) is 71.0 Å². The molecule has 1 amide bonds. The zero-order valence-electron chi connectivity index (χ0n) is 16.6. The van der Waals surface area contributed by atoms with E-state index in [0.717, 1.165) is 25.2 Å². The third-order valence-electron chi connectivity index (χ3n) is 5.94. The van der Waals surface area contributed by atoms with Gasteiger partial charge in [0.05, 0.1) is 5.56 Å². The summed E-state index contributed by atoms with van der Waals surface area (Å²) in [4.78, 5) is 19.4. The summed E-state index contributed by atoms with van der Waals surface area (Å²) in [6.07, 6.45) is 7.43. The molecule has 2 atom stereocenters. The predicted molar refractivity (Wildman–Crippen MR) is 116 cm³/mol. The Hall–Kier alpha value is -1.04. The van der Waals surface area contributed by atoms with Gasteiger partial charge in [-0.25, -0.2) is 4.98 Å². The van der Waals surface area contributed by atoms with Crippen molar-refractivity contribution in [2.75, 3.05) is 11.4 Å². The summed E-state index contributed by atoms with van der Waals surface area (Å²) in [6, 6.07) is 4.83. The van der Waals surface area contributed by atoms with E-state index in [2.05, 4.69) is 36.0 Å². The quantitative estimate of drug-likeness (QED) is 0.765. The number of carbonyl (C=O) groups excluding carboxylic acids is 1. The Bertz CT molecular complexity index is 582. The lowest BCUT2D eigenvalue weighted by molar-refractivity contribution is 0.0755. The van der Waals surface area contributed by atoms with Crippen molar-refractivity contribution in [3.05, 3.63) is 23.9 Å². The highest BCUT2D eigenvalue weighted by Crippen LogP contribution is 2.39. The van der Waals surface area contributed by atoms with Crippen LogP contribution in [0.3, 0.4) is 0 Å². The second-order valence-corrected chi connectivity index (χ2v) is 7.97. The summed E-state index contributed by atoms with van der Waals surface area (Å²) in [5.74, 6) is 2.00. The normalized spacial score (nSPS) is 26.6. The second-order valence-electron chi connectivity index (χ2n) is 7.97. The number of hydrogen-bond acceptors (Lipinski definition) is 4. The molecule has 2 fully saturated rings. The van der Waals surface area contributed by atoms with Crippen molar-refractivity contribution in [1.82, 2.24) is 10.3 Å². The number of nitrogens with zero attached hydrogens (tertiary/aromatic N) is 2. The van der Waals surface area contributed by atoms with Gasteiger partial charge in [0.25, 0.3) is 5.91 Å². The minimum absolute atomic E-state index is 0. The third kappa shape index (κ3) is 5.49. The van der Waals surface area contributed by atoms with Crippen molar-refractivity contribution in [3.63, 3.8) is 0 Å². The zero-order valence-corrected chi connectivity index (χ0v) is 18.2. The van der Waals surface area contributed by atoms with E-state index in [1.807, 2.05) is 12.1 Å². The highest BCUT2D eigenvalue weighted by molar-refractivity contribution is 5.94. The average molecular weight is 417 g/mol. The summed E-state index contributed by atoms with van der Waals surface area (Å²) >= 11 is 0. The van der Waals surface area contributed by atoms with Crippen molar-refractivity contribution >= 4 is 36.5 Å². The number of pyridine rings is 1. The number of aromatic nitrogens is 1. The molecule has 1 aromatic rings. The van der Waals surface area contributed by atoms with Crippen LogP contribution in [0.2, 0.25) is 0 Å². The molecular weight excluding hydrogens is 383 g/mol. The van der Waals surface area contributed by atoms with Crippen molar-refractivity contribution in [2.24, 2.45) is 17.6 Å². The van der Waals surface area contributed by atoms with Crippen molar-refractivity contribution in [3.8, 4) is 0 Å². The van der Waals surface area contributed by atoms with Gasteiger partial charge in [-0.2, -0.15) is 0 Å². The third-order valence-corrected chi connectivity index (χ3v) is 5.94. The summed E-state index contributed by atoms with van der Waals surface area (Å²) in [5, 5.41) is 3.30. The van der Waals surface area contributed by atoms with Crippen LogP contribution < -0.4 is 16.0 Å². The number of hydrogen-bond donors (Lipinski definition) is 2. The van der Waals surface area contributed by atoms with E-state index in [1.165, 1.54) is 19.3 Å². The van der Waals surface area contributed by atoms with E-state index >= 15 is 0 Å². The van der Waals surface area contributed by atoms with Gasteiger partial charge in [0.15, 0.2) is 0 Å². The van der Waals surface area contributed by atoms with Gasteiger partial charge >= 0.3 is 0 Å². The van der Waals surface area contributed by atoms with Crippen LogP contribution >= 0.6 is 24.8 Å². The number of rotatable bonds is 5. The molecule has 0 aromatic carbocycles. The van der Waals surface area contributed by atoms with Crippen LogP contribution in [0.1, 0.15) is 63.2 Å². The van der Waals surface area contributed by atoms with Crippen LogP contribution in [0, 0.1) is 11.8 Å². The van der Waals surface area contributed by atoms with Crippen LogP contribution in [-0.4, -0.2) is 35.6 Å². The first kappa shape index (κ1) is 24.0. The standard InChI is InChI=1S/C20H32N4O.2ClH/c1-4-24(13(2)3)18-9-8-16(12-22-18)20(25)23-19-14-6-5-7-15(19)11-17(21)10-14;;/h8-9,12-15,17,19H,4-7,10-11,21H2,1-3H3,(H,23,25);2*1H. The SMILES string of the molecule is CCN(c1ccc(C(=O)NC2C3CCCC2CC(N)C3)cn1)C(C)C.Cl.Cl. The number of fused-ring (bicyclic) bond motifs is 2. The Morgan fingerprint density at radius 3 is 2.37 bits per heavy atom. The van der Waals surface area contributed by atoms with Gasteiger partial charge in [-0.3, -0.25) is 4.79 Å². The number of nitrogens with one attached hydrogen (secondary N) is 1. The van der Waals surface area contributed by atoms with Gasteiger partial charge in [0.2, 0.25) is 0 Å². The Kier molecular flexibility index (Phi) is 9.32. The van der Waals surface area contributed by atoms with Crippen molar-refractivity contribution in [1.29, 1.82) is 0 Å². The Morgan fingerprint density at radius 1 is 1.26 bits per heavy atom. The summed E-state index contributed by atoms with van der Waals surface area (Å²) in [6.45, 7) is 7.33. The number of nitrogens with two attached hydrogens (primary N) is 1. The molecule has 0 radical (unpaired) electrons. The van der Waals surface area contributed by atoms with E-state index < -0.39 is 0 Å². The van der Waals surface area contributed by atoms with E-state index in [4.69, 9.17) is 5.73 Å². The second kappa shape index (κ2) is 10.5. The van der Waals surface area contributed by atoms with Crippen LogP contribution in [0.5, 0.6) is 0 Å². The summed E-state index contributed by atoms with van der Waals surface area (Å²) < 4.78 is 0. The molecule has 2 aliphatic rings. The molecule has 3 N–H and O–H groups in total. The molecule has 2 saturated carbocycles. The highest BCUT2D eigenvalue weighted by atomic mass is 35.5. The molecule has 0 saturated heterocycles. The number of anilines is 1. The monoisotopic (exact) mass is 416 g/mol. The van der Waals surface area contributed by atoms with Gasteiger partial charge in [-0.1, -0.05) is 6.42 Å². The molecule has 5 nitrogen and oxygen atoms in total. The first-order chi connectivity index (χ1) is 12.0. The maximum Gasteiger partial charge on any atom is 0.253 e. The van der Waals surface area contributed by atoms with Gasteiger partial charge in [0, 0.05) is 30.9 Å². The Balaban J connectivity index is 0.00000182. The lowest BCUT2D eigenvalue weighted by Crippen LogP contribution is -2.53. The first-order valence-corrected chi connectivity index (χ1v) is 9.78. The van der Waals surface area contributed by atoms with Crippen molar-refractivity contribution < 1.29 is 4.79 Å². The van der Waals surface area contributed by atoms with E-state index in [9.17, 15) is 4.79 Å². The summed E-state index contributed by atoms with van der Waals surface area (Å²) in [5.41, 5.74) is 6.83. The minimum atomic E-state index is 0. The minimum Gasteiger partial charge on any atom is -0.354 e. The van der Waals surface area contributed by atoms with Crippen LogP contribution in [0.4, 0.5) is 5.82 Å². The molecule has 2 bridgehead atoms. The largest absolute Gasteiger partial charge is 0.354 e. The molecule has 2 unspecified atom stereocenters. The van der Waals surface area contributed by atoms with Crippen LogP contribution in [-0.2, 0) is 0 Å².